The first-order valence-corrected chi connectivity index (χ1v) is 12.0. The van der Waals surface area contributed by atoms with Gasteiger partial charge in [-0.1, -0.05) is 12.1 Å². The van der Waals surface area contributed by atoms with Gasteiger partial charge in [-0.25, -0.2) is 19.0 Å². The number of aromatic nitrogens is 4. The van der Waals surface area contributed by atoms with Crippen molar-refractivity contribution in [2.24, 2.45) is 23.2 Å². The van der Waals surface area contributed by atoms with Crippen LogP contribution in [0.2, 0.25) is 0 Å². The Bertz CT molecular complexity index is 1140. The fourth-order valence-electron chi connectivity index (χ4n) is 6.84. The predicted octanol–water partition coefficient (Wildman–Crippen LogP) is 3.91. The summed E-state index contributed by atoms with van der Waals surface area (Å²) >= 11 is 0. The summed E-state index contributed by atoms with van der Waals surface area (Å²) in [4.78, 5) is 21.9. The van der Waals surface area contributed by atoms with Crippen molar-refractivity contribution < 1.29 is 9.18 Å². The molecule has 7 rings (SSSR count). The second-order valence-corrected chi connectivity index (χ2v) is 10.3. The minimum atomic E-state index is -0.250. The number of rotatable bonds is 7. The van der Waals surface area contributed by atoms with Crippen LogP contribution in [0.5, 0.6) is 0 Å². The van der Waals surface area contributed by atoms with Gasteiger partial charge in [0.05, 0.1) is 18.1 Å². The first-order valence-electron chi connectivity index (χ1n) is 12.0. The van der Waals surface area contributed by atoms with Crippen molar-refractivity contribution in [2.45, 2.75) is 51.6 Å². The monoisotopic (exact) mass is 448 g/mol. The number of nitrogens with zero attached hydrogens (tertiary/aromatic N) is 4. The number of halogens is 1. The Morgan fingerprint density at radius 3 is 2.45 bits per heavy atom. The van der Waals surface area contributed by atoms with Crippen molar-refractivity contribution in [3.8, 4) is 0 Å². The Labute approximate surface area is 192 Å². The molecule has 3 aromatic rings. The van der Waals surface area contributed by atoms with E-state index in [-0.39, 0.29) is 17.1 Å². The van der Waals surface area contributed by atoms with Crippen LogP contribution in [0, 0.1) is 29.0 Å². The molecule has 0 unspecified atom stereocenters. The summed E-state index contributed by atoms with van der Waals surface area (Å²) in [6.07, 6.45) is 10.5. The first kappa shape index (κ1) is 20.6. The molecule has 2 heterocycles. The molecule has 0 spiro atoms. The third-order valence-corrected chi connectivity index (χ3v) is 7.94. The van der Waals surface area contributed by atoms with E-state index in [4.69, 9.17) is 0 Å². The molecule has 1 aromatic carbocycles. The SMILES string of the molecule is O=C(NCCn1ncc2c(NCc3ccc(F)cc3)ncnc21)C12CC3CC(CC(C3)C1)C2. The quantitative estimate of drug-likeness (QED) is 0.573. The Morgan fingerprint density at radius 2 is 1.76 bits per heavy atom. The lowest BCUT2D eigenvalue weighted by Crippen LogP contribution is -2.53. The van der Waals surface area contributed by atoms with Crippen molar-refractivity contribution in [1.29, 1.82) is 0 Å². The molecule has 33 heavy (non-hydrogen) atoms. The highest BCUT2D eigenvalue weighted by molar-refractivity contribution is 5.86. The van der Waals surface area contributed by atoms with E-state index in [0.717, 1.165) is 53.6 Å². The molecule has 1 amide bonds. The summed E-state index contributed by atoms with van der Waals surface area (Å²) in [5, 5.41) is 11.8. The summed E-state index contributed by atoms with van der Waals surface area (Å²) in [6, 6.07) is 6.39. The highest BCUT2D eigenvalue weighted by atomic mass is 19.1. The Balaban J connectivity index is 1.09. The summed E-state index contributed by atoms with van der Waals surface area (Å²) in [6.45, 7) is 1.63. The topological polar surface area (TPSA) is 84.7 Å². The number of benzene rings is 1. The average Bonchev–Trinajstić information content (AvgIpc) is 3.21. The molecule has 7 nitrogen and oxygen atoms in total. The van der Waals surface area contributed by atoms with Crippen LogP contribution in [-0.2, 0) is 17.9 Å². The normalized spacial score (nSPS) is 27.7. The lowest BCUT2D eigenvalue weighted by molar-refractivity contribution is -0.146. The smallest absolute Gasteiger partial charge is 0.226 e. The Kier molecular flexibility index (Phi) is 5.03. The lowest BCUT2D eigenvalue weighted by Gasteiger charge is -2.55. The number of nitrogens with one attached hydrogen (secondary N) is 2. The number of hydrogen-bond donors (Lipinski definition) is 2. The van der Waals surface area contributed by atoms with E-state index in [0.29, 0.717) is 25.5 Å². The molecule has 0 saturated heterocycles. The first-order chi connectivity index (χ1) is 16.1. The van der Waals surface area contributed by atoms with Crippen molar-refractivity contribution in [3.05, 3.63) is 48.2 Å². The maximum absolute atomic E-state index is 13.2. The minimum Gasteiger partial charge on any atom is -0.365 e. The summed E-state index contributed by atoms with van der Waals surface area (Å²) < 4.78 is 14.9. The Hall–Kier alpha value is -3.03. The van der Waals surface area contributed by atoms with Gasteiger partial charge in [0, 0.05) is 18.5 Å². The highest BCUT2D eigenvalue weighted by Gasteiger charge is 2.54. The molecule has 0 radical (unpaired) electrons. The average molecular weight is 449 g/mol. The van der Waals surface area contributed by atoms with E-state index in [1.54, 1.807) is 18.3 Å². The molecule has 4 aliphatic carbocycles. The molecule has 4 bridgehead atoms. The molecule has 4 fully saturated rings. The number of anilines is 1. The van der Waals surface area contributed by atoms with Gasteiger partial charge in [0.25, 0.3) is 0 Å². The molecule has 0 aliphatic heterocycles. The number of carbonyl (C=O) groups is 1. The van der Waals surface area contributed by atoms with Crippen LogP contribution in [-0.4, -0.2) is 32.2 Å². The fourth-order valence-corrected chi connectivity index (χ4v) is 6.84. The van der Waals surface area contributed by atoms with Crippen LogP contribution >= 0.6 is 0 Å². The van der Waals surface area contributed by atoms with Crippen LogP contribution in [0.1, 0.15) is 44.1 Å². The molecule has 2 N–H and O–H groups in total. The van der Waals surface area contributed by atoms with Crippen molar-refractivity contribution >= 4 is 22.8 Å². The molecular formula is C25H29FN6O. The van der Waals surface area contributed by atoms with Crippen molar-refractivity contribution in [2.75, 3.05) is 11.9 Å². The number of hydrogen-bond acceptors (Lipinski definition) is 5. The van der Waals surface area contributed by atoms with Gasteiger partial charge >= 0.3 is 0 Å². The predicted molar refractivity (Wildman–Crippen MR) is 123 cm³/mol. The van der Waals surface area contributed by atoms with E-state index >= 15 is 0 Å². The van der Waals surface area contributed by atoms with Gasteiger partial charge in [-0.05, 0) is 74.0 Å². The molecule has 4 saturated carbocycles. The van der Waals surface area contributed by atoms with E-state index in [1.807, 2.05) is 4.68 Å². The van der Waals surface area contributed by atoms with Crippen LogP contribution in [0.25, 0.3) is 11.0 Å². The zero-order valence-corrected chi connectivity index (χ0v) is 18.6. The largest absolute Gasteiger partial charge is 0.365 e. The third-order valence-electron chi connectivity index (χ3n) is 7.94. The zero-order chi connectivity index (χ0) is 22.4. The lowest BCUT2D eigenvalue weighted by atomic mass is 9.49. The number of carbonyl (C=O) groups excluding carboxylic acids is 1. The van der Waals surface area contributed by atoms with Crippen LogP contribution in [0.3, 0.4) is 0 Å². The van der Waals surface area contributed by atoms with Gasteiger partial charge in [0.2, 0.25) is 5.91 Å². The van der Waals surface area contributed by atoms with Crippen molar-refractivity contribution in [1.82, 2.24) is 25.1 Å². The second kappa shape index (κ2) is 8.08. The maximum atomic E-state index is 13.2. The van der Waals surface area contributed by atoms with Gasteiger partial charge < -0.3 is 10.6 Å². The van der Waals surface area contributed by atoms with E-state index in [9.17, 15) is 9.18 Å². The molecule has 172 valence electrons. The van der Waals surface area contributed by atoms with Gasteiger partial charge in [0.1, 0.15) is 18.0 Å². The number of fused-ring (bicyclic) bond motifs is 1. The summed E-state index contributed by atoms with van der Waals surface area (Å²) in [5.74, 6) is 2.96. The molecular weight excluding hydrogens is 419 g/mol. The van der Waals surface area contributed by atoms with Crippen LogP contribution < -0.4 is 10.6 Å². The fraction of sp³-hybridized carbons (Fsp3) is 0.520. The molecule has 8 heteroatoms. The van der Waals surface area contributed by atoms with Gasteiger partial charge in [-0.3, -0.25) is 4.79 Å². The zero-order valence-electron chi connectivity index (χ0n) is 18.6. The number of amides is 1. The molecule has 2 aromatic heterocycles. The van der Waals surface area contributed by atoms with Gasteiger partial charge in [-0.15, -0.1) is 0 Å². The maximum Gasteiger partial charge on any atom is 0.226 e. The Morgan fingerprint density at radius 1 is 1.06 bits per heavy atom. The van der Waals surface area contributed by atoms with Crippen LogP contribution in [0.4, 0.5) is 10.2 Å². The summed E-state index contributed by atoms with van der Waals surface area (Å²) in [5.41, 5.74) is 1.57. The standard InChI is InChI=1S/C25H29FN6O/c26-20-3-1-16(2-4-20)13-28-22-21-14-31-32(23(21)30-15-29-22)6-5-27-24(33)25-10-17-7-18(11-25)9-19(8-17)12-25/h1-4,14-15,17-19H,5-13H2,(H,27,33)(H,28,29,30). The van der Waals surface area contributed by atoms with Gasteiger partial charge in [-0.2, -0.15) is 5.10 Å². The highest BCUT2D eigenvalue weighted by Crippen LogP contribution is 2.60. The summed E-state index contributed by atoms with van der Waals surface area (Å²) in [7, 11) is 0. The molecule has 4 aliphatic rings. The van der Waals surface area contributed by atoms with E-state index in [1.165, 1.54) is 37.7 Å². The van der Waals surface area contributed by atoms with Crippen molar-refractivity contribution in [3.63, 3.8) is 0 Å². The van der Waals surface area contributed by atoms with Gasteiger partial charge in [0.15, 0.2) is 5.65 Å². The molecule has 0 atom stereocenters. The second-order valence-electron chi connectivity index (χ2n) is 10.3. The third kappa shape index (κ3) is 3.85. The van der Waals surface area contributed by atoms with E-state index in [2.05, 4.69) is 25.7 Å². The van der Waals surface area contributed by atoms with Crippen LogP contribution in [0.15, 0.2) is 36.8 Å². The van der Waals surface area contributed by atoms with E-state index < -0.39 is 0 Å². The minimum absolute atomic E-state index is 0.124.